The van der Waals surface area contributed by atoms with Crippen molar-refractivity contribution in [1.82, 2.24) is 9.78 Å². The molecule has 0 radical (unpaired) electrons. The third kappa shape index (κ3) is 2.44. The standard InChI is InChI=1S/C21H18N2O/c1-15-8-10-17(11-9-15)23-20-13-12-18(24-2)14-19(20)21(22-23)16-6-4-3-5-7-16/h3-14H,1-2H3. The Morgan fingerprint density at radius 1 is 0.875 bits per heavy atom. The molecule has 4 rings (SSSR count). The molecule has 0 saturated carbocycles. The van der Waals surface area contributed by atoms with Gasteiger partial charge in [0, 0.05) is 10.9 Å². The minimum Gasteiger partial charge on any atom is -0.497 e. The van der Waals surface area contributed by atoms with Crippen LogP contribution in [0.2, 0.25) is 0 Å². The molecule has 1 heterocycles. The first-order valence-corrected chi connectivity index (χ1v) is 7.95. The second-order valence-electron chi connectivity index (χ2n) is 5.85. The largest absolute Gasteiger partial charge is 0.497 e. The average Bonchev–Trinajstić information content (AvgIpc) is 3.02. The SMILES string of the molecule is COc1ccc2c(c1)c(-c1ccccc1)nn2-c1ccc(C)cc1. The Balaban J connectivity index is 2.00. The molecule has 0 amide bonds. The maximum Gasteiger partial charge on any atom is 0.119 e. The van der Waals surface area contributed by atoms with E-state index in [9.17, 15) is 0 Å². The molecular formula is C21H18N2O. The van der Waals surface area contributed by atoms with Crippen LogP contribution in [0.1, 0.15) is 5.56 Å². The minimum atomic E-state index is 0.836. The highest BCUT2D eigenvalue weighted by molar-refractivity contribution is 5.95. The zero-order valence-electron chi connectivity index (χ0n) is 13.7. The number of ether oxygens (including phenoxy) is 1. The molecule has 4 aromatic rings. The molecule has 0 saturated heterocycles. The summed E-state index contributed by atoms with van der Waals surface area (Å²) in [7, 11) is 1.69. The zero-order chi connectivity index (χ0) is 16.5. The van der Waals surface area contributed by atoms with Crippen LogP contribution < -0.4 is 4.74 Å². The highest BCUT2D eigenvalue weighted by Gasteiger charge is 2.14. The van der Waals surface area contributed by atoms with Crippen LogP contribution in [0, 0.1) is 6.92 Å². The van der Waals surface area contributed by atoms with Gasteiger partial charge in [0.15, 0.2) is 0 Å². The van der Waals surface area contributed by atoms with E-state index in [1.807, 2.05) is 28.9 Å². The van der Waals surface area contributed by atoms with Gasteiger partial charge in [-0.2, -0.15) is 5.10 Å². The van der Waals surface area contributed by atoms with E-state index in [-0.39, 0.29) is 0 Å². The highest BCUT2D eigenvalue weighted by Crippen LogP contribution is 2.32. The molecule has 0 N–H and O–H groups in total. The summed E-state index contributed by atoms with van der Waals surface area (Å²) in [6, 6.07) is 24.8. The third-order valence-corrected chi connectivity index (χ3v) is 4.21. The van der Waals surface area contributed by atoms with Crippen molar-refractivity contribution in [2.24, 2.45) is 0 Å². The second-order valence-corrected chi connectivity index (χ2v) is 5.85. The van der Waals surface area contributed by atoms with Crippen LogP contribution in [0.3, 0.4) is 0 Å². The quantitative estimate of drug-likeness (QED) is 0.531. The predicted octanol–water partition coefficient (Wildman–Crippen LogP) is 5.01. The number of aromatic nitrogens is 2. The molecule has 0 aliphatic carbocycles. The van der Waals surface area contributed by atoms with E-state index in [2.05, 4.69) is 55.5 Å². The van der Waals surface area contributed by atoms with Crippen molar-refractivity contribution in [3.8, 4) is 22.7 Å². The molecule has 118 valence electrons. The van der Waals surface area contributed by atoms with Crippen LogP contribution in [0.25, 0.3) is 27.8 Å². The lowest BCUT2D eigenvalue weighted by molar-refractivity contribution is 0.415. The van der Waals surface area contributed by atoms with Crippen molar-refractivity contribution in [3.63, 3.8) is 0 Å². The fourth-order valence-electron chi connectivity index (χ4n) is 2.92. The van der Waals surface area contributed by atoms with Crippen LogP contribution in [0.15, 0.2) is 72.8 Å². The Hall–Kier alpha value is -3.07. The molecule has 0 aliphatic heterocycles. The number of rotatable bonds is 3. The molecule has 3 aromatic carbocycles. The fourth-order valence-corrected chi connectivity index (χ4v) is 2.92. The third-order valence-electron chi connectivity index (χ3n) is 4.21. The van der Waals surface area contributed by atoms with Crippen molar-refractivity contribution in [3.05, 3.63) is 78.4 Å². The van der Waals surface area contributed by atoms with Crippen molar-refractivity contribution >= 4 is 10.9 Å². The van der Waals surface area contributed by atoms with Crippen molar-refractivity contribution in [1.29, 1.82) is 0 Å². The topological polar surface area (TPSA) is 27.1 Å². The average molecular weight is 314 g/mol. The van der Waals surface area contributed by atoms with Crippen molar-refractivity contribution in [2.75, 3.05) is 7.11 Å². The highest BCUT2D eigenvalue weighted by atomic mass is 16.5. The summed E-state index contributed by atoms with van der Waals surface area (Å²) in [5.74, 6) is 0.836. The molecule has 0 fully saturated rings. The molecule has 0 unspecified atom stereocenters. The Morgan fingerprint density at radius 3 is 2.33 bits per heavy atom. The molecule has 3 heteroatoms. The lowest BCUT2D eigenvalue weighted by atomic mass is 10.1. The number of fused-ring (bicyclic) bond motifs is 1. The normalized spacial score (nSPS) is 10.9. The van der Waals surface area contributed by atoms with Gasteiger partial charge < -0.3 is 4.74 Å². The zero-order valence-corrected chi connectivity index (χ0v) is 13.7. The van der Waals surface area contributed by atoms with Crippen LogP contribution in [-0.2, 0) is 0 Å². The summed E-state index contributed by atoms with van der Waals surface area (Å²) in [4.78, 5) is 0. The number of hydrogen-bond acceptors (Lipinski definition) is 2. The first-order chi connectivity index (χ1) is 11.8. The van der Waals surface area contributed by atoms with E-state index >= 15 is 0 Å². The molecule has 24 heavy (non-hydrogen) atoms. The van der Waals surface area contributed by atoms with Gasteiger partial charge >= 0.3 is 0 Å². The first-order valence-electron chi connectivity index (χ1n) is 7.95. The predicted molar refractivity (Wildman–Crippen MR) is 97.8 cm³/mol. The van der Waals surface area contributed by atoms with E-state index in [1.54, 1.807) is 7.11 Å². The lowest BCUT2D eigenvalue weighted by Crippen LogP contribution is -1.96. The monoisotopic (exact) mass is 314 g/mol. The summed E-state index contributed by atoms with van der Waals surface area (Å²) in [5, 5.41) is 5.98. The second kappa shape index (κ2) is 5.85. The Labute approximate surface area is 141 Å². The number of hydrogen-bond donors (Lipinski definition) is 0. The lowest BCUT2D eigenvalue weighted by Gasteiger charge is -2.04. The molecular weight excluding hydrogens is 296 g/mol. The number of aryl methyl sites for hydroxylation is 1. The van der Waals surface area contributed by atoms with E-state index in [0.29, 0.717) is 0 Å². The first kappa shape index (κ1) is 14.5. The maximum atomic E-state index is 5.41. The molecule has 0 bridgehead atoms. The van der Waals surface area contributed by atoms with Crippen LogP contribution in [0.5, 0.6) is 5.75 Å². The van der Waals surface area contributed by atoms with Gasteiger partial charge in [-0.25, -0.2) is 4.68 Å². The van der Waals surface area contributed by atoms with Crippen LogP contribution >= 0.6 is 0 Å². The Morgan fingerprint density at radius 2 is 1.62 bits per heavy atom. The van der Waals surface area contributed by atoms with Crippen molar-refractivity contribution in [2.45, 2.75) is 6.92 Å². The van der Waals surface area contributed by atoms with Gasteiger partial charge in [-0.15, -0.1) is 0 Å². The van der Waals surface area contributed by atoms with E-state index < -0.39 is 0 Å². The number of methoxy groups -OCH3 is 1. The van der Waals surface area contributed by atoms with Crippen molar-refractivity contribution < 1.29 is 4.74 Å². The Bertz CT molecular complexity index is 986. The molecule has 0 atom stereocenters. The van der Waals surface area contributed by atoms with Crippen LogP contribution in [0.4, 0.5) is 0 Å². The van der Waals surface area contributed by atoms with Gasteiger partial charge in [-0.1, -0.05) is 48.0 Å². The van der Waals surface area contributed by atoms with Gasteiger partial charge in [-0.05, 0) is 37.3 Å². The summed E-state index contributed by atoms with van der Waals surface area (Å²) < 4.78 is 7.40. The van der Waals surface area contributed by atoms with E-state index in [0.717, 1.165) is 33.6 Å². The summed E-state index contributed by atoms with van der Waals surface area (Å²) in [5.41, 5.74) is 5.42. The van der Waals surface area contributed by atoms with E-state index in [4.69, 9.17) is 9.84 Å². The van der Waals surface area contributed by atoms with Gasteiger partial charge in [0.25, 0.3) is 0 Å². The van der Waals surface area contributed by atoms with Gasteiger partial charge in [0.2, 0.25) is 0 Å². The number of nitrogens with zero attached hydrogens (tertiary/aromatic N) is 2. The summed E-state index contributed by atoms with van der Waals surface area (Å²) >= 11 is 0. The Kier molecular flexibility index (Phi) is 3.54. The smallest absolute Gasteiger partial charge is 0.119 e. The molecule has 0 spiro atoms. The molecule has 3 nitrogen and oxygen atoms in total. The van der Waals surface area contributed by atoms with Crippen LogP contribution in [-0.4, -0.2) is 16.9 Å². The number of benzene rings is 3. The molecule has 1 aromatic heterocycles. The minimum absolute atomic E-state index is 0.836. The molecule has 0 aliphatic rings. The van der Waals surface area contributed by atoms with Gasteiger partial charge in [0.1, 0.15) is 11.4 Å². The van der Waals surface area contributed by atoms with Gasteiger partial charge in [-0.3, -0.25) is 0 Å². The fraction of sp³-hybridized carbons (Fsp3) is 0.0952. The summed E-state index contributed by atoms with van der Waals surface area (Å²) in [6.45, 7) is 2.09. The van der Waals surface area contributed by atoms with Gasteiger partial charge in [0.05, 0.1) is 18.3 Å². The summed E-state index contributed by atoms with van der Waals surface area (Å²) in [6.07, 6.45) is 0. The van der Waals surface area contributed by atoms with E-state index in [1.165, 1.54) is 5.56 Å². The maximum absolute atomic E-state index is 5.41.